The largest absolute Gasteiger partial charge is 0.336 e. The van der Waals surface area contributed by atoms with Gasteiger partial charge in [-0.1, -0.05) is 0 Å². The highest BCUT2D eigenvalue weighted by Gasteiger charge is 2.26. The van der Waals surface area contributed by atoms with Crippen molar-refractivity contribution in [2.24, 2.45) is 12.8 Å². The minimum atomic E-state index is -0.00773. The first-order valence-electron chi connectivity index (χ1n) is 5.13. The minimum absolute atomic E-state index is 0.00773. The van der Waals surface area contributed by atoms with Crippen LogP contribution in [0.25, 0.3) is 0 Å². The second kappa shape index (κ2) is 3.66. The number of hydrogen-bond acceptors (Lipinski definition) is 3. The zero-order valence-corrected chi connectivity index (χ0v) is 9.10. The number of aromatic nitrogens is 2. The Morgan fingerprint density at radius 1 is 1.67 bits per heavy atom. The number of carbonyl (C=O) groups is 1. The Labute approximate surface area is 88.8 Å². The smallest absolute Gasteiger partial charge is 0.274 e. The lowest BCUT2D eigenvalue weighted by Crippen LogP contribution is -2.32. The van der Waals surface area contributed by atoms with Crippen LogP contribution in [0.4, 0.5) is 0 Å². The van der Waals surface area contributed by atoms with Crippen LogP contribution >= 0.6 is 0 Å². The molecular weight excluding hydrogens is 192 g/mol. The molecule has 0 radical (unpaired) electrons. The van der Waals surface area contributed by atoms with E-state index in [1.54, 1.807) is 9.58 Å². The Hall–Kier alpha value is -1.36. The minimum Gasteiger partial charge on any atom is -0.336 e. The summed E-state index contributed by atoms with van der Waals surface area (Å²) in [6.45, 7) is 3.32. The summed E-state index contributed by atoms with van der Waals surface area (Å²) in [5.74, 6) is -0.00773. The fourth-order valence-corrected chi connectivity index (χ4v) is 1.80. The molecule has 1 aromatic rings. The molecular formula is C10H16N4O. The number of nitrogens with two attached hydrogens (primary N) is 1. The number of likely N-dealkylation sites (tertiary alicyclic amines) is 1. The van der Waals surface area contributed by atoms with E-state index in [-0.39, 0.29) is 11.9 Å². The molecule has 5 nitrogen and oxygen atoms in total. The summed E-state index contributed by atoms with van der Waals surface area (Å²) in [5.41, 5.74) is 7.26. The number of amides is 1. The summed E-state index contributed by atoms with van der Waals surface area (Å²) >= 11 is 0. The van der Waals surface area contributed by atoms with Crippen LogP contribution in [0.1, 0.15) is 22.6 Å². The first kappa shape index (κ1) is 10.2. The maximum absolute atomic E-state index is 12.0. The van der Waals surface area contributed by atoms with Crippen LogP contribution in [-0.4, -0.2) is 39.7 Å². The molecule has 1 aliphatic heterocycles. The molecule has 5 heteroatoms. The van der Waals surface area contributed by atoms with Gasteiger partial charge in [-0.2, -0.15) is 5.10 Å². The van der Waals surface area contributed by atoms with Gasteiger partial charge >= 0.3 is 0 Å². The Morgan fingerprint density at radius 2 is 2.40 bits per heavy atom. The number of carbonyl (C=O) groups excluding carboxylic acids is 1. The van der Waals surface area contributed by atoms with Crippen LogP contribution in [0, 0.1) is 6.92 Å². The quantitative estimate of drug-likeness (QED) is 0.701. The fraction of sp³-hybridized carbons (Fsp3) is 0.600. The van der Waals surface area contributed by atoms with Crippen molar-refractivity contribution in [1.29, 1.82) is 0 Å². The van der Waals surface area contributed by atoms with Gasteiger partial charge in [-0.25, -0.2) is 0 Å². The van der Waals surface area contributed by atoms with E-state index in [4.69, 9.17) is 5.73 Å². The molecule has 1 aromatic heterocycles. The molecule has 1 atom stereocenters. The molecule has 2 N–H and O–H groups in total. The van der Waals surface area contributed by atoms with Gasteiger partial charge < -0.3 is 10.6 Å². The maximum Gasteiger partial charge on any atom is 0.274 e. The molecule has 0 saturated carbocycles. The van der Waals surface area contributed by atoms with Crippen molar-refractivity contribution >= 4 is 5.91 Å². The summed E-state index contributed by atoms with van der Waals surface area (Å²) in [6.07, 6.45) is 0.886. The molecule has 1 fully saturated rings. The SMILES string of the molecule is Cc1cc(C(=O)N2CC[C@H](N)C2)nn1C. The summed E-state index contributed by atoms with van der Waals surface area (Å²) in [5, 5.41) is 4.16. The second-order valence-electron chi connectivity index (χ2n) is 4.09. The lowest BCUT2D eigenvalue weighted by molar-refractivity contribution is 0.0784. The zero-order valence-electron chi connectivity index (χ0n) is 9.10. The van der Waals surface area contributed by atoms with Crippen molar-refractivity contribution in [3.8, 4) is 0 Å². The zero-order chi connectivity index (χ0) is 11.0. The van der Waals surface area contributed by atoms with Crippen LogP contribution in [0.3, 0.4) is 0 Å². The molecule has 0 aliphatic carbocycles. The summed E-state index contributed by atoms with van der Waals surface area (Å²) in [7, 11) is 1.84. The molecule has 82 valence electrons. The van der Waals surface area contributed by atoms with E-state index in [0.717, 1.165) is 18.7 Å². The Kier molecular flexibility index (Phi) is 2.48. The van der Waals surface area contributed by atoms with E-state index in [9.17, 15) is 4.79 Å². The molecule has 0 aromatic carbocycles. The van der Waals surface area contributed by atoms with Crippen molar-refractivity contribution in [3.05, 3.63) is 17.5 Å². The van der Waals surface area contributed by atoms with Gasteiger partial charge in [0.2, 0.25) is 0 Å². The monoisotopic (exact) mass is 208 g/mol. The molecule has 2 rings (SSSR count). The summed E-state index contributed by atoms with van der Waals surface area (Å²) in [6, 6.07) is 1.94. The third-order valence-electron chi connectivity index (χ3n) is 2.84. The standard InChI is InChI=1S/C10H16N4O/c1-7-5-9(12-13(7)2)10(15)14-4-3-8(11)6-14/h5,8H,3-4,6,11H2,1-2H3/t8-/m0/s1. The first-order valence-corrected chi connectivity index (χ1v) is 5.13. The van der Waals surface area contributed by atoms with Gasteiger partial charge in [0.15, 0.2) is 5.69 Å². The molecule has 0 bridgehead atoms. The van der Waals surface area contributed by atoms with Crippen molar-refractivity contribution in [1.82, 2.24) is 14.7 Å². The first-order chi connectivity index (χ1) is 7.08. The lowest BCUT2D eigenvalue weighted by Gasteiger charge is -2.13. The molecule has 1 saturated heterocycles. The van der Waals surface area contributed by atoms with Gasteiger partial charge in [0, 0.05) is 31.9 Å². The molecule has 1 amide bonds. The molecule has 2 heterocycles. The van der Waals surface area contributed by atoms with E-state index in [1.165, 1.54) is 0 Å². The topological polar surface area (TPSA) is 64.2 Å². The maximum atomic E-state index is 12.0. The molecule has 0 unspecified atom stereocenters. The van der Waals surface area contributed by atoms with Gasteiger partial charge in [-0.3, -0.25) is 9.48 Å². The number of rotatable bonds is 1. The van der Waals surface area contributed by atoms with E-state index in [0.29, 0.717) is 12.2 Å². The average molecular weight is 208 g/mol. The van der Waals surface area contributed by atoms with Crippen molar-refractivity contribution in [3.63, 3.8) is 0 Å². The van der Waals surface area contributed by atoms with Crippen molar-refractivity contribution in [2.45, 2.75) is 19.4 Å². The predicted octanol–water partition coefficient (Wildman–Crippen LogP) is -0.0983. The predicted molar refractivity (Wildman–Crippen MR) is 56.4 cm³/mol. The highest BCUT2D eigenvalue weighted by molar-refractivity contribution is 5.92. The summed E-state index contributed by atoms with van der Waals surface area (Å²) in [4.78, 5) is 13.7. The van der Waals surface area contributed by atoms with Crippen LogP contribution < -0.4 is 5.73 Å². The summed E-state index contributed by atoms with van der Waals surface area (Å²) < 4.78 is 1.71. The Morgan fingerprint density at radius 3 is 2.87 bits per heavy atom. The van der Waals surface area contributed by atoms with E-state index < -0.39 is 0 Å². The number of hydrogen-bond donors (Lipinski definition) is 1. The normalized spacial score (nSPS) is 21.0. The van der Waals surface area contributed by atoms with Gasteiger partial charge in [0.1, 0.15) is 0 Å². The fourth-order valence-electron chi connectivity index (χ4n) is 1.80. The Bertz CT molecular complexity index is 365. The molecule has 0 spiro atoms. The third-order valence-corrected chi connectivity index (χ3v) is 2.84. The van der Waals surface area contributed by atoms with Crippen molar-refractivity contribution < 1.29 is 4.79 Å². The lowest BCUT2D eigenvalue weighted by atomic mass is 10.3. The number of nitrogens with zero attached hydrogens (tertiary/aromatic N) is 3. The van der Waals surface area contributed by atoms with Crippen LogP contribution in [0.15, 0.2) is 6.07 Å². The van der Waals surface area contributed by atoms with E-state index in [2.05, 4.69) is 5.10 Å². The highest BCUT2D eigenvalue weighted by atomic mass is 16.2. The van der Waals surface area contributed by atoms with Gasteiger partial charge in [0.25, 0.3) is 5.91 Å². The molecule has 15 heavy (non-hydrogen) atoms. The van der Waals surface area contributed by atoms with Crippen LogP contribution in [0.2, 0.25) is 0 Å². The number of aryl methyl sites for hydroxylation is 2. The van der Waals surface area contributed by atoms with Gasteiger partial charge in [-0.15, -0.1) is 0 Å². The van der Waals surface area contributed by atoms with E-state index in [1.807, 2.05) is 20.0 Å². The average Bonchev–Trinajstić information content (AvgIpc) is 2.74. The second-order valence-corrected chi connectivity index (χ2v) is 4.09. The van der Waals surface area contributed by atoms with Crippen LogP contribution in [0.5, 0.6) is 0 Å². The highest BCUT2D eigenvalue weighted by Crippen LogP contribution is 2.12. The third kappa shape index (κ3) is 1.87. The van der Waals surface area contributed by atoms with Crippen molar-refractivity contribution in [2.75, 3.05) is 13.1 Å². The van der Waals surface area contributed by atoms with E-state index >= 15 is 0 Å². The van der Waals surface area contributed by atoms with Gasteiger partial charge in [-0.05, 0) is 19.4 Å². The molecule has 1 aliphatic rings. The van der Waals surface area contributed by atoms with Crippen LogP contribution in [-0.2, 0) is 7.05 Å². The Balaban J connectivity index is 2.14. The van der Waals surface area contributed by atoms with Gasteiger partial charge in [0.05, 0.1) is 0 Å².